The Hall–Kier alpha value is -3.80. The van der Waals surface area contributed by atoms with E-state index >= 15 is 0 Å². The fourth-order valence-corrected chi connectivity index (χ4v) is 3.28. The van der Waals surface area contributed by atoms with Gasteiger partial charge < -0.3 is 9.47 Å². The Labute approximate surface area is 189 Å². The van der Waals surface area contributed by atoms with Crippen LogP contribution >= 0.6 is 0 Å². The highest BCUT2D eigenvalue weighted by Gasteiger charge is 2.10. The average molecular weight is 452 g/mol. The molecule has 0 aromatic heterocycles. The van der Waals surface area contributed by atoms with Crippen LogP contribution in [0.15, 0.2) is 72.8 Å². The number of benzene rings is 4. The third-order valence-electron chi connectivity index (χ3n) is 5.39. The lowest BCUT2D eigenvalue weighted by molar-refractivity contribution is 0.120. The minimum Gasteiger partial charge on any atom is -0.458 e. The molecule has 6 heteroatoms. The quantitative estimate of drug-likeness (QED) is 0.221. The molecule has 0 fully saturated rings. The first-order chi connectivity index (χ1) is 15.8. The first-order valence-corrected chi connectivity index (χ1v) is 10.2. The lowest BCUT2D eigenvalue weighted by Gasteiger charge is -2.11. The smallest absolute Gasteiger partial charge is 0.230 e. The topological polar surface area (TPSA) is 18.5 Å². The van der Waals surface area contributed by atoms with E-state index in [4.69, 9.17) is 9.47 Å². The van der Waals surface area contributed by atoms with Gasteiger partial charge in [0, 0.05) is 11.1 Å². The van der Waals surface area contributed by atoms with Crippen molar-refractivity contribution in [2.75, 3.05) is 6.79 Å². The molecule has 168 valence electrons. The Bertz CT molecular complexity index is 1140. The van der Waals surface area contributed by atoms with Gasteiger partial charge in [-0.2, -0.15) is 0 Å². The van der Waals surface area contributed by atoms with Gasteiger partial charge in [0.2, 0.25) is 6.79 Å². The van der Waals surface area contributed by atoms with Crippen molar-refractivity contribution in [3.8, 4) is 33.8 Å². The zero-order valence-electron chi connectivity index (χ0n) is 18.0. The fourth-order valence-electron chi connectivity index (χ4n) is 3.28. The van der Waals surface area contributed by atoms with Gasteiger partial charge >= 0.3 is 0 Å². The van der Waals surface area contributed by atoms with Gasteiger partial charge in [0.05, 0.1) is 0 Å². The third kappa shape index (κ3) is 5.00. The summed E-state index contributed by atoms with van der Waals surface area (Å²) in [7, 11) is 0. The van der Waals surface area contributed by atoms with Crippen LogP contribution in [-0.2, 0) is 0 Å². The average Bonchev–Trinajstić information content (AvgIpc) is 2.81. The number of hydrogen-bond donors (Lipinski definition) is 0. The minimum atomic E-state index is -0.595. The largest absolute Gasteiger partial charge is 0.458 e. The molecule has 33 heavy (non-hydrogen) atoms. The van der Waals surface area contributed by atoms with Gasteiger partial charge in [0.15, 0.2) is 0 Å². The summed E-state index contributed by atoms with van der Waals surface area (Å²) in [5.41, 5.74) is 2.16. The van der Waals surface area contributed by atoms with Crippen molar-refractivity contribution < 1.29 is 27.0 Å². The van der Waals surface area contributed by atoms with Crippen LogP contribution in [0.4, 0.5) is 17.6 Å². The second-order valence-electron chi connectivity index (χ2n) is 7.59. The zero-order valence-corrected chi connectivity index (χ0v) is 18.0. The molecule has 0 spiro atoms. The summed E-state index contributed by atoms with van der Waals surface area (Å²) in [4.78, 5) is 0. The first kappa shape index (κ1) is 22.4. The van der Waals surface area contributed by atoms with E-state index in [-0.39, 0.29) is 17.9 Å². The van der Waals surface area contributed by atoms with E-state index in [0.29, 0.717) is 33.8 Å². The number of rotatable bonds is 6. The molecule has 0 bridgehead atoms. The van der Waals surface area contributed by atoms with Crippen molar-refractivity contribution in [1.82, 2.24) is 0 Å². The van der Waals surface area contributed by atoms with Gasteiger partial charge in [-0.1, -0.05) is 24.3 Å². The lowest BCUT2D eigenvalue weighted by atomic mass is 10.0. The zero-order chi connectivity index (χ0) is 23.5. The highest BCUT2D eigenvalue weighted by atomic mass is 19.1. The summed E-state index contributed by atoms with van der Waals surface area (Å²) in [5.74, 6) is -1.34. The predicted octanol–water partition coefficient (Wildman–Crippen LogP) is 7.61. The van der Waals surface area contributed by atoms with Crippen LogP contribution in [0.5, 0.6) is 11.5 Å². The Morgan fingerprint density at radius 2 is 0.788 bits per heavy atom. The summed E-state index contributed by atoms with van der Waals surface area (Å²) >= 11 is 0. The maximum Gasteiger partial charge on any atom is 0.230 e. The molecule has 0 atom stereocenters. The summed E-state index contributed by atoms with van der Waals surface area (Å²) in [5, 5.41) is 0. The maximum atomic E-state index is 13.8. The monoisotopic (exact) mass is 452 g/mol. The SMILES string of the molecule is Cc1c(F)cc(-c2ccc(OCOc3ccc(-c4cc(F)c(C)c(F)c4)cc3)cc2)cc1F. The molecular weight excluding hydrogens is 432 g/mol. The molecule has 0 amide bonds. The van der Waals surface area contributed by atoms with Gasteiger partial charge in [-0.05, 0) is 84.6 Å². The second kappa shape index (κ2) is 9.36. The van der Waals surface area contributed by atoms with E-state index in [1.54, 1.807) is 48.5 Å². The molecule has 0 heterocycles. The van der Waals surface area contributed by atoms with E-state index in [1.165, 1.54) is 38.1 Å². The van der Waals surface area contributed by atoms with Crippen molar-refractivity contribution >= 4 is 0 Å². The molecule has 4 aromatic rings. The Morgan fingerprint density at radius 3 is 1.09 bits per heavy atom. The van der Waals surface area contributed by atoms with Crippen LogP contribution in [0.25, 0.3) is 22.3 Å². The van der Waals surface area contributed by atoms with Crippen molar-refractivity contribution in [2.45, 2.75) is 13.8 Å². The van der Waals surface area contributed by atoms with Crippen LogP contribution in [0.2, 0.25) is 0 Å². The molecular formula is C27H20F4O2. The summed E-state index contributed by atoms with van der Waals surface area (Å²) in [6.45, 7) is 2.71. The molecule has 2 nitrogen and oxygen atoms in total. The number of ether oxygens (including phenoxy) is 2. The fraction of sp³-hybridized carbons (Fsp3) is 0.111. The number of halogens is 4. The van der Waals surface area contributed by atoms with Crippen LogP contribution < -0.4 is 9.47 Å². The molecule has 0 saturated heterocycles. The molecule has 0 radical (unpaired) electrons. The van der Waals surface area contributed by atoms with Gasteiger partial charge in [-0.25, -0.2) is 17.6 Å². The highest BCUT2D eigenvalue weighted by molar-refractivity contribution is 5.65. The molecule has 4 aromatic carbocycles. The summed E-state index contributed by atoms with van der Waals surface area (Å²) in [6.07, 6.45) is 0. The van der Waals surface area contributed by atoms with Crippen LogP contribution in [0.3, 0.4) is 0 Å². The molecule has 0 N–H and O–H groups in total. The molecule has 0 unspecified atom stereocenters. The van der Waals surface area contributed by atoms with Crippen molar-refractivity contribution in [1.29, 1.82) is 0 Å². The highest BCUT2D eigenvalue weighted by Crippen LogP contribution is 2.27. The Kier molecular flexibility index (Phi) is 6.36. The summed E-state index contributed by atoms with van der Waals surface area (Å²) in [6, 6.07) is 18.7. The van der Waals surface area contributed by atoms with E-state index in [9.17, 15) is 17.6 Å². The second-order valence-corrected chi connectivity index (χ2v) is 7.59. The lowest BCUT2D eigenvalue weighted by Crippen LogP contribution is -2.05. The van der Waals surface area contributed by atoms with Crippen LogP contribution in [0.1, 0.15) is 11.1 Å². The number of hydrogen-bond acceptors (Lipinski definition) is 2. The predicted molar refractivity (Wildman–Crippen MR) is 119 cm³/mol. The van der Waals surface area contributed by atoms with E-state index < -0.39 is 23.3 Å². The molecule has 0 aliphatic heterocycles. The molecule has 0 aliphatic rings. The summed E-state index contributed by atoms with van der Waals surface area (Å²) < 4.78 is 66.3. The first-order valence-electron chi connectivity index (χ1n) is 10.2. The van der Waals surface area contributed by atoms with Gasteiger partial charge in [-0.15, -0.1) is 0 Å². The van der Waals surface area contributed by atoms with Crippen LogP contribution in [-0.4, -0.2) is 6.79 Å². The molecule has 4 rings (SSSR count). The van der Waals surface area contributed by atoms with E-state index in [2.05, 4.69) is 0 Å². The van der Waals surface area contributed by atoms with Gasteiger partial charge in [0.25, 0.3) is 0 Å². The van der Waals surface area contributed by atoms with E-state index in [0.717, 1.165) is 0 Å². The van der Waals surface area contributed by atoms with Crippen molar-refractivity contribution in [3.05, 3.63) is 107 Å². The minimum absolute atomic E-state index is 0.0120. The van der Waals surface area contributed by atoms with Gasteiger partial charge in [0.1, 0.15) is 34.8 Å². The van der Waals surface area contributed by atoms with Crippen molar-refractivity contribution in [2.24, 2.45) is 0 Å². The third-order valence-corrected chi connectivity index (χ3v) is 5.39. The van der Waals surface area contributed by atoms with Gasteiger partial charge in [-0.3, -0.25) is 0 Å². The Morgan fingerprint density at radius 1 is 0.485 bits per heavy atom. The van der Waals surface area contributed by atoms with E-state index in [1.807, 2.05) is 0 Å². The van der Waals surface area contributed by atoms with Crippen molar-refractivity contribution in [3.63, 3.8) is 0 Å². The normalized spacial score (nSPS) is 10.8. The Balaban J connectivity index is 1.36. The molecule has 0 aliphatic carbocycles. The molecule has 0 saturated carbocycles. The van der Waals surface area contributed by atoms with Crippen LogP contribution in [0, 0.1) is 37.1 Å². The standard InChI is InChI=1S/C27H20F4O2/c1-16-24(28)11-20(12-25(16)29)18-3-7-22(8-4-18)32-15-33-23-9-5-19(6-10-23)21-13-26(30)17(2)27(31)14-21/h3-14H,15H2,1-2H3. The maximum absolute atomic E-state index is 13.8.